The molecule has 0 heterocycles. The number of amides is 2. The van der Waals surface area contributed by atoms with Gasteiger partial charge in [0.15, 0.2) is 0 Å². The second-order valence-corrected chi connectivity index (χ2v) is 4.94. The molecule has 5 nitrogen and oxygen atoms in total. The van der Waals surface area contributed by atoms with Crippen molar-refractivity contribution in [2.24, 2.45) is 0 Å². The minimum atomic E-state index is -0.566. The normalized spacial score (nSPS) is 11.6. The van der Waals surface area contributed by atoms with Gasteiger partial charge < -0.3 is 10.6 Å². The lowest BCUT2D eigenvalue weighted by atomic mass is 10.1. The summed E-state index contributed by atoms with van der Waals surface area (Å²) < 4.78 is 0. The molecule has 1 atom stereocenters. The maximum atomic E-state index is 11.8. The molecular formula is C15H19N3O2. The molecule has 0 aliphatic carbocycles. The number of benzene rings is 1. The first-order chi connectivity index (χ1) is 9.42. The lowest BCUT2D eigenvalue weighted by Crippen LogP contribution is -2.47. The van der Waals surface area contributed by atoms with Crippen LogP contribution in [0.15, 0.2) is 24.3 Å². The van der Waals surface area contributed by atoms with E-state index in [2.05, 4.69) is 10.6 Å². The van der Waals surface area contributed by atoms with Crippen LogP contribution in [0, 0.1) is 11.3 Å². The molecule has 0 aromatic heterocycles. The first-order valence-corrected chi connectivity index (χ1v) is 6.51. The van der Waals surface area contributed by atoms with Gasteiger partial charge in [-0.3, -0.25) is 9.59 Å². The number of rotatable bonds is 5. The molecule has 1 aromatic rings. The summed E-state index contributed by atoms with van der Waals surface area (Å²) in [5.74, 6) is -0.422. The standard InChI is InChI=1S/C15H19N3O2/c1-10(2)17-15(20)11(3)18-14(19)8-12-4-6-13(9-16)7-5-12/h4-7,10-11H,8H2,1-3H3,(H,17,20)(H,18,19). The van der Waals surface area contributed by atoms with Crippen molar-refractivity contribution in [1.82, 2.24) is 10.6 Å². The number of nitriles is 1. The molecule has 5 heteroatoms. The zero-order valence-corrected chi connectivity index (χ0v) is 11.9. The highest BCUT2D eigenvalue weighted by Crippen LogP contribution is 2.04. The number of hydrogen-bond donors (Lipinski definition) is 2. The molecule has 0 aliphatic rings. The van der Waals surface area contributed by atoms with Crippen LogP contribution in [0.3, 0.4) is 0 Å². The zero-order valence-electron chi connectivity index (χ0n) is 11.9. The Kier molecular flexibility index (Phi) is 5.73. The van der Waals surface area contributed by atoms with E-state index in [9.17, 15) is 9.59 Å². The lowest BCUT2D eigenvalue weighted by Gasteiger charge is -2.16. The van der Waals surface area contributed by atoms with Gasteiger partial charge in [-0.05, 0) is 38.5 Å². The molecule has 20 heavy (non-hydrogen) atoms. The fraction of sp³-hybridized carbons (Fsp3) is 0.400. The third-order valence-electron chi connectivity index (χ3n) is 2.65. The minimum absolute atomic E-state index is 0.0420. The highest BCUT2D eigenvalue weighted by molar-refractivity contribution is 5.88. The van der Waals surface area contributed by atoms with Gasteiger partial charge in [0.05, 0.1) is 18.1 Å². The lowest BCUT2D eigenvalue weighted by molar-refractivity contribution is -0.128. The van der Waals surface area contributed by atoms with E-state index < -0.39 is 6.04 Å². The zero-order chi connectivity index (χ0) is 15.1. The maximum Gasteiger partial charge on any atom is 0.242 e. The van der Waals surface area contributed by atoms with E-state index in [1.165, 1.54) is 0 Å². The molecule has 0 aliphatic heterocycles. The summed E-state index contributed by atoms with van der Waals surface area (Å²) >= 11 is 0. The van der Waals surface area contributed by atoms with E-state index in [1.807, 2.05) is 19.9 Å². The van der Waals surface area contributed by atoms with Gasteiger partial charge >= 0.3 is 0 Å². The van der Waals surface area contributed by atoms with Gasteiger partial charge in [-0.2, -0.15) is 5.26 Å². The van der Waals surface area contributed by atoms with Crippen LogP contribution in [0.2, 0.25) is 0 Å². The predicted molar refractivity (Wildman–Crippen MR) is 75.7 cm³/mol. The fourth-order valence-electron chi connectivity index (χ4n) is 1.65. The van der Waals surface area contributed by atoms with E-state index in [1.54, 1.807) is 31.2 Å². The Morgan fingerprint density at radius 1 is 1.15 bits per heavy atom. The van der Waals surface area contributed by atoms with Gasteiger partial charge in [0.1, 0.15) is 6.04 Å². The van der Waals surface area contributed by atoms with E-state index >= 15 is 0 Å². The Labute approximate surface area is 119 Å². The van der Waals surface area contributed by atoms with Crippen molar-refractivity contribution in [3.8, 4) is 6.07 Å². The summed E-state index contributed by atoms with van der Waals surface area (Å²) in [5.41, 5.74) is 1.36. The molecule has 1 aromatic carbocycles. The summed E-state index contributed by atoms with van der Waals surface area (Å²) in [5, 5.41) is 14.1. The highest BCUT2D eigenvalue weighted by atomic mass is 16.2. The van der Waals surface area contributed by atoms with Crippen molar-refractivity contribution in [1.29, 1.82) is 5.26 Å². The van der Waals surface area contributed by atoms with Crippen molar-refractivity contribution in [3.63, 3.8) is 0 Å². The molecule has 0 saturated heterocycles. The second kappa shape index (κ2) is 7.29. The average molecular weight is 273 g/mol. The number of hydrogen-bond acceptors (Lipinski definition) is 3. The molecule has 2 N–H and O–H groups in total. The molecule has 1 rings (SSSR count). The number of nitrogens with one attached hydrogen (secondary N) is 2. The Bertz CT molecular complexity index is 515. The van der Waals surface area contributed by atoms with Crippen LogP contribution in [0.4, 0.5) is 0 Å². The topological polar surface area (TPSA) is 82.0 Å². The summed E-state index contributed by atoms with van der Waals surface area (Å²) in [4.78, 5) is 23.5. The van der Waals surface area contributed by atoms with E-state index in [0.29, 0.717) is 5.56 Å². The van der Waals surface area contributed by atoms with Crippen LogP contribution in [-0.4, -0.2) is 23.9 Å². The molecule has 0 spiro atoms. The van der Waals surface area contributed by atoms with E-state index in [0.717, 1.165) is 5.56 Å². The molecule has 0 fully saturated rings. The third kappa shape index (κ3) is 5.11. The van der Waals surface area contributed by atoms with Gasteiger partial charge in [0.2, 0.25) is 11.8 Å². The smallest absolute Gasteiger partial charge is 0.242 e. The summed E-state index contributed by atoms with van der Waals surface area (Å²) in [6.07, 6.45) is 0.186. The van der Waals surface area contributed by atoms with Gasteiger partial charge in [0, 0.05) is 6.04 Å². The maximum absolute atomic E-state index is 11.8. The van der Waals surface area contributed by atoms with Gasteiger partial charge in [-0.1, -0.05) is 12.1 Å². The van der Waals surface area contributed by atoms with Crippen molar-refractivity contribution >= 4 is 11.8 Å². The average Bonchev–Trinajstić information content (AvgIpc) is 2.38. The van der Waals surface area contributed by atoms with Crippen LogP contribution in [0.1, 0.15) is 31.9 Å². The van der Waals surface area contributed by atoms with Crippen molar-refractivity contribution in [2.75, 3.05) is 0 Å². The van der Waals surface area contributed by atoms with Gasteiger partial charge in [0.25, 0.3) is 0 Å². The van der Waals surface area contributed by atoms with Crippen LogP contribution >= 0.6 is 0 Å². The third-order valence-corrected chi connectivity index (χ3v) is 2.65. The molecule has 106 valence electrons. The Hall–Kier alpha value is -2.35. The molecular weight excluding hydrogens is 254 g/mol. The second-order valence-electron chi connectivity index (χ2n) is 4.94. The number of carbonyl (C=O) groups is 2. The summed E-state index contributed by atoms with van der Waals surface area (Å²) in [6.45, 7) is 5.38. The van der Waals surface area contributed by atoms with Crippen molar-refractivity contribution in [3.05, 3.63) is 35.4 Å². The predicted octanol–water partition coefficient (Wildman–Crippen LogP) is 1.13. The molecule has 1 unspecified atom stereocenters. The quantitative estimate of drug-likeness (QED) is 0.843. The van der Waals surface area contributed by atoms with Gasteiger partial charge in [-0.25, -0.2) is 0 Å². The first kappa shape index (κ1) is 15.7. The number of nitrogens with zero attached hydrogens (tertiary/aromatic N) is 1. The van der Waals surface area contributed by atoms with Crippen molar-refractivity contribution in [2.45, 2.75) is 39.3 Å². The van der Waals surface area contributed by atoms with Crippen LogP contribution in [0.5, 0.6) is 0 Å². The molecule has 0 radical (unpaired) electrons. The largest absolute Gasteiger partial charge is 0.352 e. The summed E-state index contributed by atoms with van der Waals surface area (Å²) in [6, 6.07) is 8.29. The molecule has 0 bridgehead atoms. The minimum Gasteiger partial charge on any atom is -0.352 e. The molecule has 0 saturated carbocycles. The van der Waals surface area contributed by atoms with E-state index in [4.69, 9.17) is 5.26 Å². The fourth-order valence-corrected chi connectivity index (χ4v) is 1.65. The van der Waals surface area contributed by atoms with Crippen LogP contribution in [0.25, 0.3) is 0 Å². The highest BCUT2D eigenvalue weighted by Gasteiger charge is 2.16. The van der Waals surface area contributed by atoms with E-state index in [-0.39, 0.29) is 24.3 Å². The molecule has 2 amide bonds. The Balaban J connectivity index is 2.50. The number of carbonyl (C=O) groups excluding carboxylic acids is 2. The van der Waals surface area contributed by atoms with Crippen molar-refractivity contribution < 1.29 is 9.59 Å². The Morgan fingerprint density at radius 2 is 1.75 bits per heavy atom. The first-order valence-electron chi connectivity index (χ1n) is 6.51. The van der Waals surface area contributed by atoms with Crippen LogP contribution in [-0.2, 0) is 16.0 Å². The van der Waals surface area contributed by atoms with Crippen LogP contribution < -0.4 is 10.6 Å². The summed E-state index contributed by atoms with van der Waals surface area (Å²) in [7, 11) is 0. The Morgan fingerprint density at radius 3 is 2.25 bits per heavy atom. The van der Waals surface area contributed by atoms with Gasteiger partial charge in [-0.15, -0.1) is 0 Å². The monoisotopic (exact) mass is 273 g/mol. The SMILES string of the molecule is CC(C)NC(=O)C(C)NC(=O)Cc1ccc(C#N)cc1.